The van der Waals surface area contributed by atoms with Gasteiger partial charge in [0.2, 0.25) is 0 Å². The molecule has 0 saturated heterocycles. The predicted octanol–water partition coefficient (Wildman–Crippen LogP) is 2.89. The van der Waals surface area contributed by atoms with Crippen LogP contribution < -0.4 is 14.4 Å². The molecule has 0 bridgehead atoms. The molecule has 2 aromatic carbocycles. The quantitative estimate of drug-likeness (QED) is 0.890. The van der Waals surface area contributed by atoms with Gasteiger partial charge in [-0.2, -0.15) is 0 Å². The van der Waals surface area contributed by atoms with E-state index in [0.717, 1.165) is 30.9 Å². The second-order valence-corrected chi connectivity index (χ2v) is 5.82. The first-order valence-electron chi connectivity index (χ1n) is 8.04. The topological polar surface area (TPSA) is 41.9 Å². The summed E-state index contributed by atoms with van der Waals surface area (Å²) in [6.07, 6.45) is 1.72. The first kappa shape index (κ1) is 15.7. The highest BCUT2D eigenvalue weighted by molar-refractivity contribution is 5.55. The highest BCUT2D eigenvalue weighted by Gasteiger charge is 2.19. The monoisotopic (exact) mass is 313 g/mol. The number of fused-ring (bicyclic) bond motifs is 1. The lowest BCUT2D eigenvalue weighted by Gasteiger charge is -2.32. The number of aliphatic hydroxyl groups excluding tert-OH is 1. The fraction of sp³-hybridized carbons (Fsp3) is 0.368. The zero-order valence-corrected chi connectivity index (χ0v) is 13.4. The number of methoxy groups -OCH3 is 1. The molecule has 1 atom stereocenters. The molecule has 0 saturated carbocycles. The van der Waals surface area contributed by atoms with Crippen LogP contribution in [0.1, 0.15) is 12.0 Å². The van der Waals surface area contributed by atoms with Gasteiger partial charge in [-0.05, 0) is 48.7 Å². The van der Waals surface area contributed by atoms with Crippen LogP contribution in [-0.4, -0.2) is 38.0 Å². The summed E-state index contributed by atoms with van der Waals surface area (Å²) in [5.41, 5.74) is 2.60. The minimum Gasteiger partial charge on any atom is -0.497 e. The van der Waals surface area contributed by atoms with Crippen LogP contribution in [0, 0.1) is 0 Å². The van der Waals surface area contributed by atoms with Crippen LogP contribution in [0.3, 0.4) is 0 Å². The lowest BCUT2D eigenvalue weighted by molar-refractivity contribution is 0.112. The van der Waals surface area contributed by atoms with E-state index in [2.05, 4.69) is 29.2 Å². The van der Waals surface area contributed by atoms with Gasteiger partial charge in [-0.1, -0.05) is 18.2 Å². The van der Waals surface area contributed by atoms with Gasteiger partial charge >= 0.3 is 0 Å². The zero-order valence-electron chi connectivity index (χ0n) is 13.4. The average molecular weight is 313 g/mol. The number of β-amino-alcohol motifs (C(OH)–C–C–N with tert-alkyl or cyclic N) is 1. The maximum absolute atomic E-state index is 10.3. The minimum absolute atomic E-state index is 0.283. The van der Waals surface area contributed by atoms with E-state index in [-0.39, 0.29) is 6.61 Å². The molecule has 4 heteroatoms. The molecule has 0 aliphatic carbocycles. The van der Waals surface area contributed by atoms with Gasteiger partial charge < -0.3 is 19.5 Å². The minimum atomic E-state index is -0.525. The molecule has 4 nitrogen and oxygen atoms in total. The highest BCUT2D eigenvalue weighted by atomic mass is 16.5. The molecule has 122 valence electrons. The van der Waals surface area contributed by atoms with Crippen molar-refractivity contribution >= 4 is 5.69 Å². The van der Waals surface area contributed by atoms with Crippen LogP contribution in [0.2, 0.25) is 0 Å². The van der Waals surface area contributed by atoms with Crippen molar-refractivity contribution in [1.29, 1.82) is 0 Å². The molecule has 2 aromatic rings. The van der Waals surface area contributed by atoms with Crippen molar-refractivity contribution in [3.63, 3.8) is 0 Å². The van der Waals surface area contributed by atoms with Crippen molar-refractivity contribution in [2.45, 2.75) is 18.9 Å². The summed E-state index contributed by atoms with van der Waals surface area (Å²) in [6, 6.07) is 15.8. The van der Waals surface area contributed by atoms with Crippen LogP contribution >= 0.6 is 0 Å². The van der Waals surface area contributed by atoms with E-state index in [0.29, 0.717) is 6.54 Å². The lowest BCUT2D eigenvalue weighted by atomic mass is 10.0. The molecular weight excluding hydrogens is 290 g/mol. The van der Waals surface area contributed by atoms with Gasteiger partial charge in [0.1, 0.15) is 24.2 Å². The first-order chi connectivity index (χ1) is 11.3. The van der Waals surface area contributed by atoms with Gasteiger partial charge in [0.05, 0.1) is 7.11 Å². The Morgan fingerprint density at radius 3 is 2.61 bits per heavy atom. The summed E-state index contributed by atoms with van der Waals surface area (Å²) in [4.78, 5) is 2.25. The molecule has 23 heavy (non-hydrogen) atoms. The van der Waals surface area contributed by atoms with Crippen LogP contribution in [0.15, 0.2) is 48.5 Å². The van der Waals surface area contributed by atoms with E-state index in [9.17, 15) is 5.11 Å². The zero-order chi connectivity index (χ0) is 16.1. The van der Waals surface area contributed by atoms with E-state index >= 15 is 0 Å². The number of hydrogen-bond acceptors (Lipinski definition) is 4. The van der Waals surface area contributed by atoms with Crippen LogP contribution in [0.25, 0.3) is 0 Å². The Morgan fingerprint density at radius 1 is 1.09 bits per heavy atom. The number of benzene rings is 2. The van der Waals surface area contributed by atoms with Crippen LogP contribution in [-0.2, 0) is 6.42 Å². The molecule has 1 aliphatic heterocycles. The molecule has 0 amide bonds. The summed E-state index contributed by atoms with van der Waals surface area (Å²) in [7, 11) is 1.63. The van der Waals surface area contributed by atoms with Gasteiger partial charge in [-0.15, -0.1) is 0 Å². The number of nitrogens with zero attached hydrogens (tertiary/aromatic N) is 1. The largest absolute Gasteiger partial charge is 0.497 e. The molecule has 3 rings (SSSR count). The maximum Gasteiger partial charge on any atom is 0.119 e. The summed E-state index contributed by atoms with van der Waals surface area (Å²) in [5, 5.41) is 10.3. The van der Waals surface area contributed by atoms with Gasteiger partial charge in [0.15, 0.2) is 0 Å². The fourth-order valence-electron chi connectivity index (χ4n) is 2.97. The van der Waals surface area contributed by atoms with E-state index in [1.807, 2.05) is 24.3 Å². The molecule has 1 aliphatic rings. The fourth-order valence-corrected chi connectivity index (χ4v) is 2.97. The Morgan fingerprint density at radius 2 is 1.83 bits per heavy atom. The second-order valence-electron chi connectivity index (χ2n) is 5.82. The summed E-state index contributed by atoms with van der Waals surface area (Å²) in [5.74, 6) is 1.53. The van der Waals surface area contributed by atoms with Crippen LogP contribution in [0.4, 0.5) is 5.69 Å². The van der Waals surface area contributed by atoms with Crippen molar-refractivity contribution in [1.82, 2.24) is 0 Å². The van der Waals surface area contributed by atoms with Crippen molar-refractivity contribution in [3.05, 3.63) is 54.1 Å². The van der Waals surface area contributed by atoms with Crippen LogP contribution in [0.5, 0.6) is 11.5 Å². The normalized spacial score (nSPS) is 15.0. The summed E-state index contributed by atoms with van der Waals surface area (Å²) >= 11 is 0. The third-order valence-corrected chi connectivity index (χ3v) is 4.14. The number of para-hydroxylation sites is 1. The van der Waals surface area contributed by atoms with E-state index in [4.69, 9.17) is 9.47 Å². The second kappa shape index (κ2) is 7.38. The SMILES string of the molecule is COc1ccc(OCC(O)CN2CCCc3ccccc32)cc1. The highest BCUT2D eigenvalue weighted by Crippen LogP contribution is 2.26. The van der Waals surface area contributed by atoms with Gasteiger partial charge in [0, 0.05) is 18.8 Å². The van der Waals surface area contributed by atoms with Crippen molar-refractivity contribution in [3.8, 4) is 11.5 Å². The maximum atomic E-state index is 10.3. The summed E-state index contributed by atoms with van der Waals surface area (Å²) in [6.45, 7) is 1.86. The van der Waals surface area contributed by atoms with E-state index in [1.54, 1.807) is 7.11 Å². The van der Waals surface area contributed by atoms with Gasteiger partial charge in [-0.3, -0.25) is 0 Å². The smallest absolute Gasteiger partial charge is 0.119 e. The van der Waals surface area contributed by atoms with Gasteiger partial charge in [-0.25, -0.2) is 0 Å². The molecule has 0 fully saturated rings. The molecule has 0 spiro atoms. The molecule has 0 aromatic heterocycles. The third kappa shape index (κ3) is 3.96. The molecule has 1 unspecified atom stereocenters. The Labute approximate surface area is 137 Å². The third-order valence-electron chi connectivity index (χ3n) is 4.14. The van der Waals surface area contributed by atoms with Crippen molar-refractivity contribution in [2.75, 3.05) is 31.7 Å². The number of rotatable bonds is 6. The number of aliphatic hydroxyl groups is 1. The first-order valence-corrected chi connectivity index (χ1v) is 8.04. The van der Waals surface area contributed by atoms with Crippen molar-refractivity contribution in [2.24, 2.45) is 0 Å². The molecule has 0 radical (unpaired) electrons. The lowest BCUT2D eigenvalue weighted by Crippen LogP contribution is -2.38. The predicted molar refractivity (Wildman–Crippen MR) is 91.5 cm³/mol. The van der Waals surface area contributed by atoms with Gasteiger partial charge in [0.25, 0.3) is 0 Å². The van der Waals surface area contributed by atoms with Crippen molar-refractivity contribution < 1.29 is 14.6 Å². The molecular formula is C19H23NO3. The number of ether oxygens (including phenoxy) is 2. The molecule has 1 N–H and O–H groups in total. The number of hydrogen-bond donors (Lipinski definition) is 1. The standard InChI is InChI=1S/C19H23NO3/c1-22-17-8-10-18(11-9-17)23-14-16(21)13-20-12-4-6-15-5-2-3-7-19(15)20/h2-3,5,7-11,16,21H,4,6,12-14H2,1H3. The Balaban J connectivity index is 1.54. The number of aryl methyl sites for hydroxylation is 1. The average Bonchev–Trinajstić information content (AvgIpc) is 2.61. The van der Waals surface area contributed by atoms with E-state index in [1.165, 1.54) is 11.3 Å². The Bertz CT molecular complexity index is 627. The Hall–Kier alpha value is -2.20. The summed E-state index contributed by atoms with van der Waals surface area (Å²) < 4.78 is 10.8. The van der Waals surface area contributed by atoms with E-state index < -0.39 is 6.10 Å². The Kier molecular flexibility index (Phi) is 5.03. The molecule has 1 heterocycles. The number of anilines is 1.